The number of piperidine rings is 1. The summed E-state index contributed by atoms with van der Waals surface area (Å²) < 4.78 is 7.21. The number of rotatable bonds is 4. The molecule has 34 heavy (non-hydrogen) atoms. The highest BCUT2D eigenvalue weighted by Crippen LogP contribution is 2.31. The summed E-state index contributed by atoms with van der Waals surface area (Å²) in [5.74, 6) is 0.348. The number of hydrogen-bond donors (Lipinski definition) is 0. The molecule has 9 heteroatoms. The minimum atomic E-state index is -0.511. The average Bonchev–Trinajstić information content (AvgIpc) is 3.40. The number of aromatic nitrogens is 3. The van der Waals surface area contributed by atoms with Crippen molar-refractivity contribution in [2.24, 2.45) is 13.0 Å². The highest BCUT2D eigenvalue weighted by atomic mass is 32.1. The van der Waals surface area contributed by atoms with Crippen LogP contribution in [0.25, 0.3) is 21.6 Å². The molecule has 1 aliphatic rings. The van der Waals surface area contributed by atoms with E-state index in [1.165, 1.54) is 0 Å². The Labute approximate surface area is 204 Å². The Morgan fingerprint density at radius 2 is 1.97 bits per heavy atom. The van der Waals surface area contributed by atoms with E-state index in [1.54, 1.807) is 28.0 Å². The van der Waals surface area contributed by atoms with Gasteiger partial charge in [0.1, 0.15) is 5.60 Å². The molecule has 0 bridgehead atoms. The van der Waals surface area contributed by atoms with Crippen molar-refractivity contribution in [2.45, 2.75) is 46.1 Å². The quantitative estimate of drug-likeness (QED) is 0.536. The maximum absolute atomic E-state index is 13.7. The van der Waals surface area contributed by atoms with Crippen molar-refractivity contribution in [3.8, 4) is 10.6 Å². The zero-order valence-electron chi connectivity index (χ0n) is 20.8. The molecule has 0 aliphatic carbocycles. The maximum atomic E-state index is 13.7. The van der Waals surface area contributed by atoms with Crippen molar-refractivity contribution < 1.29 is 14.3 Å². The number of ether oxygens (including phenoxy) is 1. The molecule has 0 unspecified atom stereocenters. The molecule has 8 nitrogen and oxygen atoms in total. The van der Waals surface area contributed by atoms with Crippen LogP contribution in [0.2, 0.25) is 0 Å². The lowest BCUT2D eigenvalue weighted by Gasteiger charge is -2.34. The highest BCUT2D eigenvalue weighted by Gasteiger charge is 2.29. The molecule has 1 saturated heterocycles. The van der Waals surface area contributed by atoms with E-state index in [4.69, 9.17) is 9.72 Å². The molecule has 182 valence electrons. The molecule has 2 amide bonds. The number of carbonyl (C=O) groups excluding carboxylic acids is 2. The van der Waals surface area contributed by atoms with Gasteiger partial charge in [0.15, 0.2) is 5.65 Å². The highest BCUT2D eigenvalue weighted by molar-refractivity contribution is 7.13. The van der Waals surface area contributed by atoms with Gasteiger partial charge in [-0.3, -0.25) is 9.48 Å². The minimum Gasteiger partial charge on any atom is -0.444 e. The lowest BCUT2D eigenvalue weighted by atomic mass is 9.95. The predicted molar refractivity (Wildman–Crippen MR) is 134 cm³/mol. The van der Waals surface area contributed by atoms with Crippen LogP contribution in [0, 0.1) is 12.8 Å². The number of carbonyl (C=O) groups is 2. The molecule has 4 heterocycles. The van der Waals surface area contributed by atoms with Crippen molar-refractivity contribution in [2.75, 3.05) is 26.7 Å². The average molecular weight is 484 g/mol. The van der Waals surface area contributed by atoms with E-state index >= 15 is 0 Å². The third-order valence-corrected chi connectivity index (χ3v) is 7.00. The van der Waals surface area contributed by atoms with Crippen molar-refractivity contribution in [1.82, 2.24) is 24.6 Å². The molecule has 4 rings (SSSR count). The van der Waals surface area contributed by atoms with E-state index in [0.717, 1.165) is 40.1 Å². The number of amides is 2. The fourth-order valence-electron chi connectivity index (χ4n) is 4.45. The van der Waals surface area contributed by atoms with Gasteiger partial charge in [0, 0.05) is 33.7 Å². The summed E-state index contributed by atoms with van der Waals surface area (Å²) in [5.41, 5.74) is 2.47. The van der Waals surface area contributed by atoms with Crippen molar-refractivity contribution >= 4 is 34.4 Å². The van der Waals surface area contributed by atoms with Crippen LogP contribution in [0.3, 0.4) is 0 Å². The van der Waals surface area contributed by atoms with Crippen molar-refractivity contribution in [1.29, 1.82) is 0 Å². The monoisotopic (exact) mass is 483 g/mol. The van der Waals surface area contributed by atoms with E-state index in [-0.39, 0.29) is 12.0 Å². The fraction of sp³-hybridized carbons (Fsp3) is 0.520. The maximum Gasteiger partial charge on any atom is 0.410 e. The van der Waals surface area contributed by atoms with Crippen LogP contribution in [-0.4, -0.2) is 68.8 Å². The van der Waals surface area contributed by atoms with Gasteiger partial charge < -0.3 is 14.5 Å². The van der Waals surface area contributed by atoms with Crippen LogP contribution in [-0.2, 0) is 11.8 Å². The minimum absolute atomic E-state index is 0.0141. The van der Waals surface area contributed by atoms with Gasteiger partial charge in [-0.1, -0.05) is 6.07 Å². The summed E-state index contributed by atoms with van der Waals surface area (Å²) in [5, 5.41) is 7.35. The first-order valence-electron chi connectivity index (χ1n) is 11.6. The van der Waals surface area contributed by atoms with Gasteiger partial charge in [-0.15, -0.1) is 11.3 Å². The summed E-state index contributed by atoms with van der Waals surface area (Å²) >= 11 is 1.61. The lowest BCUT2D eigenvalue weighted by Crippen LogP contribution is -2.43. The van der Waals surface area contributed by atoms with E-state index in [9.17, 15) is 9.59 Å². The molecule has 1 aliphatic heterocycles. The largest absolute Gasteiger partial charge is 0.444 e. The molecule has 0 N–H and O–H groups in total. The summed E-state index contributed by atoms with van der Waals surface area (Å²) in [6, 6.07) is 5.91. The van der Waals surface area contributed by atoms with Crippen LogP contribution < -0.4 is 0 Å². The van der Waals surface area contributed by atoms with Gasteiger partial charge >= 0.3 is 6.09 Å². The van der Waals surface area contributed by atoms with Crippen molar-refractivity contribution in [3.05, 3.63) is 34.8 Å². The van der Waals surface area contributed by atoms with Gasteiger partial charge in [-0.05, 0) is 64.0 Å². The molecule has 0 spiro atoms. The van der Waals surface area contributed by atoms with E-state index < -0.39 is 5.60 Å². The first-order chi connectivity index (χ1) is 16.0. The van der Waals surface area contributed by atoms with Crippen LogP contribution in [0.1, 0.15) is 49.7 Å². The number of hydrogen-bond acceptors (Lipinski definition) is 6. The Hall–Kier alpha value is -2.94. The number of likely N-dealkylation sites (tertiary alicyclic amines) is 1. The van der Waals surface area contributed by atoms with Gasteiger partial charge in [-0.2, -0.15) is 5.10 Å². The second-order valence-corrected chi connectivity index (χ2v) is 11.0. The number of aryl methyl sites for hydroxylation is 2. The molecule has 0 radical (unpaired) electrons. The molecule has 1 fully saturated rings. The SMILES string of the molecule is Cc1nn(C)c2nc(-c3cccs3)cc(C(=O)N3CCC(CN(C)C(=O)OC(C)(C)C)CC3)c12. The standard InChI is InChI=1S/C25H33N5O3S/c1-16-21-18(14-19(20-8-7-13-34-20)26-22(21)29(6)27-16)23(31)30-11-9-17(10-12-30)15-28(5)24(32)33-25(2,3)4/h7-8,13-14,17H,9-12,15H2,1-6H3. The number of pyridine rings is 1. The second kappa shape index (κ2) is 9.37. The third kappa shape index (κ3) is 5.09. The lowest BCUT2D eigenvalue weighted by molar-refractivity contribution is 0.0246. The normalized spacial score (nSPS) is 15.1. The van der Waals surface area contributed by atoms with E-state index in [2.05, 4.69) is 5.10 Å². The van der Waals surface area contributed by atoms with Crippen LogP contribution in [0.5, 0.6) is 0 Å². The number of fused-ring (bicyclic) bond motifs is 1. The Morgan fingerprint density at radius 3 is 2.59 bits per heavy atom. The van der Waals surface area contributed by atoms with Gasteiger partial charge in [0.2, 0.25) is 0 Å². The Morgan fingerprint density at radius 1 is 1.26 bits per heavy atom. The van der Waals surface area contributed by atoms with E-state index in [0.29, 0.717) is 31.1 Å². The Balaban J connectivity index is 1.49. The molecular weight excluding hydrogens is 450 g/mol. The summed E-state index contributed by atoms with van der Waals surface area (Å²) in [7, 11) is 3.64. The van der Waals surface area contributed by atoms with Gasteiger partial charge in [0.05, 0.1) is 27.2 Å². The van der Waals surface area contributed by atoms with Crippen LogP contribution >= 0.6 is 11.3 Å². The second-order valence-electron chi connectivity index (χ2n) is 10.0. The van der Waals surface area contributed by atoms with Crippen LogP contribution in [0.4, 0.5) is 4.79 Å². The zero-order chi connectivity index (χ0) is 24.6. The summed E-state index contributed by atoms with van der Waals surface area (Å²) in [4.78, 5) is 35.4. The molecule has 0 aromatic carbocycles. The Kier molecular flexibility index (Phi) is 6.66. The zero-order valence-corrected chi connectivity index (χ0v) is 21.6. The molecule has 0 atom stereocenters. The molecule has 3 aromatic heterocycles. The first kappa shape index (κ1) is 24.2. The predicted octanol–water partition coefficient (Wildman–Crippen LogP) is 4.72. The van der Waals surface area contributed by atoms with E-state index in [1.807, 2.05) is 63.2 Å². The molecule has 3 aromatic rings. The van der Waals surface area contributed by atoms with Crippen LogP contribution in [0.15, 0.2) is 23.6 Å². The topological polar surface area (TPSA) is 80.6 Å². The fourth-order valence-corrected chi connectivity index (χ4v) is 5.14. The number of thiophene rings is 1. The summed E-state index contributed by atoms with van der Waals surface area (Å²) in [6.07, 6.45) is 1.38. The first-order valence-corrected chi connectivity index (χ1v) is 12.5. The van der Waals surface area contributed by atoms with Gasteiger partial charge in [-0.25, -0.2) is 9.78 Å². The third-order valence-electron chi connectivity index (χ3n) is 6.11. The van der Waals surface area contributed by atoms with Crippen molar-refractivity contribution in [3.63, 3.8) is 0 Å². The molecule has 0 saturated carbocycles. The van der Waals surface area contributed by atoms with Gasteiger partial charge in [0.25, 0.3) is 5.91 Å². The summed E-state index contributed by atoms with van der Waals surface area (Å²) in [6.45, 7) is 9.46. The Bertz CT molecular complexity index is 1190. The smallest absolute Gasteiger partial charge is 0.410 e. The number of nitrogens with zero attached hydrogens (tertiary/aromatic N) is 5. The molecular formula is C25H33N5O3S.